The van der Waals surface area contributed by atoms with Gasteiger partial charge >= 0.3 is 0 Å². The van der Waals surface area contributed by atoms with E-state index in [9.17, 15) is 0 Å². The number of hydrogen-bond acceptors (Lipinski definition) is 0. The molecule has 1 heterocycles. The molecule has 1 heteroatoms. The van der Waals surface area contributed by atoms with Crippen molar-refractivity contribution in [3.63, 3.8) is 0 Å². The number of benzene rings is 5. The van der Waals surface area contributed by atoms with Gasteiger partial charge in [-0.05, 0) is 71.1 Å². The SMILES string of the molecule is C=C(C)c1ccccc1-c1cccc(-c2ccc3c(c2)c2ccccc2n3-c2ccccc2)c1. The summed E-state index contributed by atoms with van der Waals surface area (Å²) in [5.74, 6) is 0. The first-order chi connectivity index (χ1) is 16.7. The first-order valence-corrected chi connectivity index (χ1v) is 11.6. The van der Waals surface area contributed by atoms with Gasteiger partial charge in [0, 0.05) is 16.5 Å². The van der Waals surface area contributed by atoms with Crippen molar-refractivity contribution in [2.45, 2.75) is 6.92 Å². The van der Waals surface area contributed by atoms with E-state index < -0.39 is 0 Å². The second-order valence-corrected chi connectivity index (χ2v) is 8.83. The molecule has 1 aromatic heterocycles. The number of hydrogen-bond donors (Lipinski definition) is 0. The van der Waals surface area contributed by atoms with Crippen molar-refractivity contribution in [2.24, 2.45) is 0 Å². The standard InChI is InChI=1S/C33H25N/c1-23(2)28-15-6-7-16-29(28)26-12-10-11-24(21-26)25-19-20-33-31(22-25)30-17-8-9-18-32(30)34(33)27-13-4-3-5-14-27/h3-22H,1H2,2H3. The van der Waals surface area contributed by atoms with E-state index in [-0.39, 0.29) is 0 Å². The molecular formula is C33H25N. The third-order valence-electron chi connectivity index (χ3n) is 6.58. The van der Waals surface area contributed by atoms with Gasteiger partial charge < -0.3 is 4.57 Å². The van der Waals surface area contributed by atoms with Crippen molar-refractivity contribution in [3.05, 3.63) is 133 Å². The Balaban J connectivity index is 1.54. The van der Waals surface area contributed by atoms with Crippen molar-refractivity contribution < 1.29 is 0 Å². The summed E-state index contributed by atoms with van der Waals surface area (Å²) in [6, 6.07) is 43.4. The van der Waals surface area contributed by atoms with Gasteiger partial charge in [-0.2, -0.15) is 0 Å². The van der Waals surface area contributed by atoms with Crippen LogP contribution in [0, 0.1) is 0 Å². The van der Waals surface area contributed by atoms with E-state index in [4.69, 9.17) is 0 Å². The van der Waals surface area contributed by atoms with Crippen molar-refractivity contribution in [2.75, 3.05) is 0 Å². The van der Waals surface area contributed by atoms with Crippen LogP contribution >= 0.6 is 0 Å². The molecule has 34 heavy (non-hydrogen) atoms. The summed E-state index contributed by atoms with van der Waals surface area (Å²) in [6.07, 6.45) is 0. The van der Waals surface area contributed by atoms with Crippen molar-refractivity contribution in [1.29, 1.82) is 0 Å². The predicted molar refractivity (Wildman–Crippen MR) is 146 cm³/mol. The second kappa shape index (κ2) is 8.20. The summed E-state index contributed by atoms with van der Waals surface area (Å²) in [6.45, 7) is 6.25. The minimum Gasteiger partial charge on any atom is -0.309 e. The fourth-order valence-electron chi connectivity index (χ4n) is 4.98. The third-order valence-corrected chi connectivity index (χ3v) is 6.58. The number of nitrogens with zero attached hydrogens (tertiary/aromatic N) is 1. The number of allylic oxidation sites excluding steroid dienone is 1. The molecule has 0 fully saturated rings. The van der Waals surface area contributed by atoms with Gasteiger partial charge in [0.25, 0.3) is 0 Å². The molecule has 6 aromatic rings. The first kappa shape index (κ1) is 20.3. The zero-order valence-corrected chi connectivity index (χ0v) is 19.2. The number of aromatic nitrogens is 1. The lowest BCUT2D eigenvalue weighted by Crippen LogP contribution is -1.92. The number of para-hydroxylation sites is 2. The summed E-state index contributed by atoms with van der Waals surface area (Å²) in [5, 5.41) is 2.54. The Labute approximate surface area is 200 Å². The van der Waals surface area contributed by atoms with Gasteiger partial charge in [0.15, 0.2) is 0 Å². The minimum atomic E-state index is 1.08. The normalized spacial score (nSPS) is 11.2. The average Bonchev–Trinajstić information content (AvgIpc) is 3.23. The van der Waals surface area contributed by atoms with Crippen LogP contribution in [-0.4, -0.2) is 4.57 Å². The van der Waals surface area contributed by atoms with E-state index in [2.05, 4.69) is 139 Å². The van der Waals surface area contributed by atoms with E-state index in [1.807, 2.05) is 0 Å². The molecule has 0 aliphatic rings. The summed E-state index contributed by atoms with van der Waals surface area (Å²) in [5.41, 5.74) is 10.8. The molecule has 0 saturated carbocycles. The number of rotatable bonds is 4. The molecule has 0 bridgehead atoms. The molecule has 0 N–H and O–H groups in total. The van der Waals surface area contributed by atoms with Gasteiger partial charge in [-0.15, -0.1) is 0 Å². The topological polar surface area (TPSA) is 4.93 Å². The quantitative estimate of drug-likeness (QED) is 0.260. The van der Waals surface area contributed by atoms with E-state index in [1.54, 1.807) is 0 Å². The lowest BCUT2D eigenvalue weighted by atomic mass is 9.93. The molecule has 0 radical (unpaired) electrons. The molecule has 6 rings (SSSR count). The predicted octanol–water partition coefficient (Wildman–Crippen LogP) is 9.15. The fraction of sp³-hybridized carbons (Fsp3) is 0.0303. The van der Waals surface area contributed by atoms with Crippen LogP contribution in [-0.2, 0) is 0 Å². The summed E-state index contributed by atoms with van der Waals surface area (Å²) < 4.78 is 2.36. The molecule has 0 spiro atoms. The Morgan fingerprint density at radius 2 is 1.24 bits per heavy atom. The Hall–Kier alpha value is -4.36. The van der Waals surface area contributed by atoms with Gasteiger partial charge in [0.05, 0.1) is 11.0 Å². The van der Waals surface area contributed by atoms with Crippen LogP contribution < -0.4 is 0 Å². The molecule has 162 valence electrons. The monoisotopic (exact) mass is 435 g/mol. The van der Waals surface area contributed by atoms with Gasteiger partial charge in [-0.3, -0.25) is 0 Å². The van der Waals surface area contributed by atoms with Gasteiger partial charge in [-0.1, -0.05) is 97.1 Å². The molecule has 1 nitrogen and oxygen atoms in total. The Morgan fingerprint density at radius 1 is 0.559 bits per heavy atom. The maximum absolute atomic E-state index is 4.18. The summed E-state index contributed by atoms with van der Waals surface area (Å²) in [4.78, 5) is 0. The average molecular weight is 436 g/mol. The lowest BCUT2D eigenvalue weighted by Gasteiger charge is -2.12. The van der Waals surface area contributed by atoms with Crippen LogP contribution in [0.1, 0.15) is 12.5 Å². The summed E-state index contributed by atoms with van der Waals surface area (Å²) >= 11 is 0. The zero-order valence-electron chi connectivity index (χ0n) is 19.2. The van der Waals surface area contributed by atoms with E-state index >= 15 is 0 Å². The van der Waals surface area contributed by atoms with Crippen molar-refractivity contribution in [3.8, 4) is 27.9 Å². The minimum absolute atomic E-state index is 1.08. The second-order valence-electron chi connectivity index (χ2n) is 8.83. The highest BCUT2D eigenvalue weighted by molar-refractivity contribution is 6.10. The molecule has 0 saturated heterocycles. The Morgan fingerprint density at radius 3 is 2.09 bits per heavy atom. The van der Waals surface area contributed by atoms with Gasteiger partial charge in [0.2, 0.25) is 0 Å². The smallest absolute Gasteiger partial charge is 0.0541 e. The highest BCUT2D eigenvalue weighted by Gasteiger charge is 2.13. The van der Waals surface area contributed by atoms with Crippen molar-refractivity contribution in [1.82, 2.24) is 4.57 Å². The van der Waals surface area contributed by atoms with Crippen LogP contribution in [0.2, 0.25) is 0 Å². The van der Waals surface area contributed by atoms with Crippen LogP contribution in [0.15, 0.2) is 128 Å². The largest absolute Gasteiger partial charge is 0.309 e. The summed E-state index contributed by atoms with van der Waals surface area (Å²) in [7, 11) is 0. The van der Waals surface area contributed by atoms with E-state index in [0.29, 0.717) is 0 Å². The molecule has 5 aromatic carbocycles. The van der Waals surface area contributed by atoms with Crippen molar-refractivity contribution >= 4 is 27.4 Å². The highest BCUT2D eigenvalue weighted by Crippen LogP contribution is 2.36. The van der Waals surface area contributed by atoms with Crippen LogP contribution in [0.4, 0.5) is 0 Å². The molecule has 0 amide bonds. The van der Waals surface area contributed by atoms with Gasteiger partial charge in [-0.25, -0.2) is 0 Å². The maximum atomic E-state index is 4.18. The first-order valence-electron chi connectivity index (χ1n) is 11.6. The third kappa shape index (κ3) is 3.34. The molecular weight excluding hydrogens is 410 g/mol. The molecule has 0 atom stereocenters. The Bertz CT molecular complexity index is 1670. The molecule has 0 aliphatic carbocycles. The van der Waals surface area contributed by atoms with E-state index in [1.165, 1.54) is 55.3 Å². The molecule has 0 unspecified atom stereocenters. The highest BCUT2D eigenvalue weighted by atomic mass is 15.0. The van der Waals surface area contributed by atoms with Crippen LogP contribution in [0.3, 0.4) is 0 Å². The Kier molecular flexibility index (Phi) is 4.89. The molecule has 0 aliphatic heterocycles. The van der Waals surface area contributed by atoms with Crippen LogP contribution in [0.5, 0.6) is 0 Å². The number of fused-ring (bicyclic) bond motifs is 3. The van der Waals surface area contributed by atoms with Gasteiger partial charge in [0.1, 0.15) is 0 Å². The maximum Gasteiger partial charge on any atom is 0.0541 e. The zero-order chi connectivity index (χ0) is 23.1. The fourth-order valence-corrected chi connectivity index (χ4v) is 4.98. The lowest BCUT2D eigenvalue weighted by molar-refractivity contribution is 1.18. The van der Waals surface area contributed by atoms with E-state index in [0.717, 1.165) is 5.57 Å². The van der Waals surface area contributed by atoms with Crippen LogP contribution in [0.25, 0.3) is 55.3 Å².